The molecule has 0 saturated heterocycles. The summed E-state index contributed by atoms with van der Waals surface area (Å²) in [6, 6.07) is 7.05. The van der Waals surface area contributed by atoms with E-state index in [2.05, 4.69) is 15.0 Å². The van der Waals surface area contributed by atoms with E-state index in [9.17, 15) is 18.0 Å². The van der Waals surface area contributed by atoms with Gasteiger partial charge >= 0.3 is 11.9 Å². The molecule has 11 heteroatoms. The highest BCUT2D eigenvalue weighted by molar-refractivity contribution is 6.29. The monoisotopic (exact) mass is 450 g/mol. The summed E-state index contributed by atoms with van der Waals surface area (Å²) in [6.45, 7) is 0.171. The summed E-state index contributed by atoms with van der Waals surface area (Å²) in [5.41, 5.74) is 1.99. The van der Waals surface area contributed by atoms with Gasteiger partial charge in [0.05, 0.1) is 17.6 Å². The molecule has 1 saturated carbocycles. The molecule has 0 amide bonds. The van der Waals surface area contributed by atoms with E-state index in [-0.39, 0.29) is 36.4 Å². The predicted molar refractivity (Wildman–Crippen MR) is 109 cm³/mol. The van der Waals surface area contributed by atoms with Crippen LogP contribution in [0.15, 0.2) is 35.3 Å². The number of halogens is 4. The Morgan fingerprint density at radius 3 is 2.65 bits per heavy atom. The molecule has 0 atom stereocenters. The van der Waals surface area contributed by atoms with Gasteiger partial charge in [0.25, 0.3) is 0 Å². The van der Waals surface area contributed by atoms with E-state index in [1.54, 1.807) is 33.5 Å². The molecule has 0 aromatic carbocycles. The zero-order valence-corrected chi connectivity index (χ0v) is 17.1. The lowest BCUT2D eigenvalue weighted by Crippen LogP contribution is -2.25. The van der Waals surface area contributed by atoms with Crippen molar-refractivity contribution in [1.82, 2.24) is 28.7 Å². The third-order valence-corrected chi connectivity index (χ3v) is 5.64. The zero-order valence-electron chi connectivity index (χ0n) is 16.3. The minimum Gasteiger partial charge on any atom is -0.325 e. The summed E-state index contributed by atoms with van der Waals surface area (Å²) in [5, 5.41) is 0.239. The van der Waals surface area contributed by atoms with Crippen LogP contribution < -0.4 is 5.69 Å². The van der Waals surface area contributed by atoms with Crippen LogP contribution in [0.25, 0.3) is 22.3 Å². The molecule has 162 valence electrons. The molecule has 1 fully saturated rings. The summed E-state index contributed by atoms with van der Waals surface area (Å²) in [4.78, 5) is 26.2. The van der Waals surface area contributed by atoms with Crippen molar-refractivity contribution in [3.8, 4) is 0 Å². The average Bonchev–Trinajstić information content (AvgIpc) is 3.43. The first-order valence-electron chi connectivity index (χ1n) is 9.96. The van der Waals surface area contributed by atoms with Crippen molar-refractivity contribution in [3.05, 3.63) is 51.9 Å². The van der Waals surface area contributed by atoms with Gasteiger partial charge in [-0.1, -0.05) is 11.6 Å². The first kappa shape index (κ1) is 20.0. The molecular weight excluding hydrogens is 433 g/mol. The van der Waals surface area contributed by atoms with Gasteiger partial charge in [-0.3, -0.25) is 9.13 Å². The highest BCUT2D eigenvalue weighted by Gasteiger charge is 2.30. The topological polar surface area (TPSA) is 70.5 Å². The Balaban J connectivity index is 1.58. The van der Waals surface area contributed by atoms with E-state index in [4.69, 9.17) is 11.6 Å². The number of hydrogen-bond acceptors (Lipinski definition) is 4. The molecule has 0 N–H and O–H groups in total. The first-order chi connectivity index (χ1) is 14.8. The van der Waals surface area contributed by atoms with Crippen molar-refractivity contribution in [3.63, 3.8) is 0 Å². The largest absolute Gasteiger partial charge is 0.389 e. The normalized spacial score (nSPS) is 14.7. The lowest BCUT2D eigenvalue weighted by molar-refractivity contribution is -0.135. The summed E-state index contributed by atoms with van der Waals surface area (Å²) in [6.07, 6.45) is -1.77. The number of imidazole rings is 2. The molecule has 5 rings (SSSR count). The molecule has 0 unspecified atom stereocenters. The van der Waals surface area contributed by atoms with Crippen molar-refractivity contribution in [1.29, 1.82) is 0 Å². The number of hydrogen-bond donors (Lipinski definition) is 0. The smallest absolute Gasteiger partial charge is 0.325 e. The molecule has 1 aliphatic rings. The Morgan fingerprint density at radius 1 is 1.10 bits per heavy atom. The highest BCUT2D eigenvalue weighted by Crippen LogP contribution is 2.36. The fourth-order valence-electron chi connectivity index (χ4n) is 3.92. The second-order valence-corrected chi connectivity index (χ2v) is 8.08. The third-order valence-electron chi connectivity index (χ3n) is 5.43. The second-order valence-electron chi connectivity index (χ2n) is 7.69. The van der Waals surface area contributed by atoms with Gasteiger partial charge < -0.3 is 4.57 Å². The van der Waals surface area contributed by atoms with Crippen LogP contribution in [0, 0.1) is 0 Å². The number of nitrogens with zero attached hydrogens (tertiary/aromatic N) is 6. The van der Waals surface area contributed by atoms with Crippen LogP contribution in [0.3, 0.4) is 0 Å². The first-order valence-corrected chi connectivity index (χ1v) is 10.3. The number of aromatic nitrogens is 6. The standard InChI is InChI=1S/C20H18ClF3N6O/c21-15-7-6-13-17(26-15)27-16(28(13)10-2-8-20(22,23)24)11-29-18-14(3-1-9-25-18)30(19(29)31)12-4-5-12/h1,3,6-7,9,12H,2,4-5,8,10-11H2. The third kappa shape index (κ3) is 3.80. The predicted octanol–water partition coefficient (Wildman–Crippen LogP) is 4.32. The van der Waals surface area contributed by atoms with E-state index >= 15 is 0 Å². The molecule has 0 aliphatic heterocycles. The summed E-state index contributed by atoms with van der Waals surface area (Å²) in [5.74, 6) is 0.439. The Hall–Kier alpha value is -2.88. The van der Waals surface area contributed by atoms with Gasteiger partial charge in [0.15, 0.2) is 11.3 Å². The molecule has 0 spiro atoms. The number of fused-ring (bicyclic) bond motifs is 2. The van der Waals surface area contributed by atoms with Crippen LogP contribution in [-0.4, -0.2) is 34.8 Å². The molecule has 4 heterocycles. The maximum absolute atomic E-state index is 13.2. The zero-order chi connectivity index (χ0) is 21.8. The van der Waals surface area contributed by atoms with E-state index in [0.717, 1.165) is 18.4 Å². The average molecular weight is 451 g/mol. The Kier molecular flexibility index (Phi) is 4.76. The molecule has 4 aromatic heterocycles. The van der Waals surface area contributed by atoms with E-state index in [1.807, 2.05) is 6.07 Å². The number of aryl methyl sites for hydroxylation is 1. The van der Waals surface area contributed by atoms with Gasteiger partial charge in [0, 0.05) is 25.2 Å². The van der Waals surface area contributed by atoms with Crippen LogP contribution in [0.4, 0.5) is 13.2 Å². The minimum atomic E-state index is -4.24. The molecule has 0 bridgehead atoms. The van der Waals surface area contributed by atoms with Crippen LogP contribution in [0.1, 0.15) is 37.5 Å². The van der Waals surface area contributed by atoms with Gasteiger partial charge in [-0.2, -0.15) is 13.2 Å². The molecule has 1 aliphatic carbocycles. The van der Waals surface area contributed by atoms with Crippen molar-refractivity contribution >= 4 is 33.9 Å². The highest BCUT2D eigenvalue weighted by atomic mass is 35.5. The number of rotatable bonds is 6. The second kappa shape index (κ2) is 7.37. The van der Waals surface area contributed by atoms with Gasteiger partial charge in [0.1, 0.15) is 11.0 Å². The van der Waals surface area contributed by atoms with Gasteiger partial charge in [-0.05, 0) is 43.5 Å². The Morgan fingerprint density at radius 2 is 1.90 bits per heavy atom. The molecular formula is C20H18ClF3N6O. The van der Waals surface area contributed by atoms with Crippen LogP contribution >= 0.6 is 11.6 Å². The van der Waals surface area contributed by atoms with Crippen molar-refractivity contribution in [2.75, 3.05) is 0 Å². The van der Waals surface area contributed by atoms with Crippen molar-refractivity contribution in [2.24, 2.45) is 0 Å². The molecule has 7 nitrogen and oxygen atoms in total. The summed E-state index contributed by atoms with van der Waals surface area (Å²) in [7, 11) is 0. The van der Waals surface area contributed by atoms with Crippen molar-refractivity contribution in [2.45, 2.75) is 51.0 Å². The van der Waals surface area contributed by atoms with E-state index in [1.165, 1.54) is 4.57 Å². The fourth-order valence-corrected chi connectivity index (χ4v) is 4.06. The van der Waals surface area contributed by atoms with Crippen molar-refractivity contribution < 1.29 is 13.2 Å². The maximum atomic E-state index is 13.2. The molecule has 4 aromatic rings. The van der Waals surface area contributed by atoms with Crippen LogP contribution in [0.5, 0.6) is 0 Å². The summed E-state index contributed by atoms with van der Waals surface area (Å²) >= 11 is 5.98. The van der Waals surface area contributed by atoms with Gasteiger partial charge in [-0.15, -0.1) is 0 Å². The quantitative estimate of drug-likeness (QED) is 0.410. The Labute approximate surface area is 179 Å². The maximum Gasteiger partial charge on any atom is 0.389 e. The Bertz CT molecular complexity index is 1330. The van der Waals surface area contributed by atoms with Gasteiger partial charge in [0.2, 0.25) is 0 Å². The molecule has 31 heavy (non-hydrogen) atoms. The SMILES string of the molecule is O=c1n(Cc2nc3nc(Cl)ccc3n2CCCC(F)(F)F)c2ncccc2n1C1CC1. The lowest BCUT2D eigenvalue weighted by atomic mass is 10.3. The van der Waals surface area contributed by atoms with Gasteiger partial charge in [-0.25, -0.2) is 19.7 Å². The number of alkyl halides is 3. The lowest BCUT2D eigenvalue weighted by Gasteiger charge is -2.11. The summed E-state index contributed by atoms with van der Waals surface area (Å²) < 4.78 is 43.0. The fraction of sp³-hybridized carbons (Fsp3) is 0.400. The molecule has 0 radical (unpaired) electrons. The van der Waals surface area contributed by atoms with E-state index < -0.39 is 12.6 Å². The minimum absolute atomic E-state index is 0.0755. The number of pyridine rings is 2. The van der Waals surface area contributed by atoms with Crippen LogP contribution in [-0.2, 0) is 13.1 Å². The van der Waals surface area contributed by atoms with E-state index in [0.29, 0.717) is 22.6 Å². The van der Waals surface area contributed by atoms with Crippen LogP contribution in [0.2, 0.25) is 5.15 Å².